The van der Waals surface area contributed by atoms with Gasteiger partial charge in [-0.1, -0.05) is 23.2 Å². The van der Waals surface area contributed by atoms with Crippen LogP contribution in [0.1, 0.15) is 0 Å². The Labute approximate surface area is 92.5 Å². The zero-order valence-corrected chi connectivity index (χ0v) is 8.43. The highest BCUT2D eigenvalue weighted by Crippen LogP contribution is 2.35. The van der Waals surface area contributed by atoms with Gasteiger partial charge in [0.2, 0.25) is 0 Å². The van der Waals surface area contributed by atoms with E-state index in [-0.39, 0.29) is 10.0 Å². The van der Waals surface area contributed by atoms with Gasteiger partial charge in [0.15, 0.2) is 5.75 Å². The number of hydrogen-bond donors (Lipinski definition) is 0. The third-order valence-corrected chi connectivity index (χ3v) is 2.01. The first-order valence-corrected chi connectivity index (χ1v) is 4.25. The van der Waals surface area contributed by atoms with Crippen LogP contribution in [0.3, 0.4) is 0 Å². The molecule has 0 aliphatic rings. The van der Waals surface area contributed by atoms with E-state index in [1.165, 1.54) is 0 Å². The Bertz CT molecular complexity index is 400. The van der Waals surface area contributed by atoms with Crippen LogP contribution in [0.25, 0.3) is 0 Å². The number of nitro benzene ring substituents is 1. The molecule has 0 unspecified atom stereocenters. The molecule has 0 saturated carbocycles. The van der Waals surface area contributed by atoms with Gasteiger partial charge in [-0.15, -0.1) is 0 Å². The lowest BCUT2D eigenvalue weighted by molar-refractivity contribution is -0.384. The Hall–Kier alpha value is -1.14. The standard InChI is InChI=1S/C7H3Cl2F2NO3/c8-3-1-4(9)6(15-7(10)11)2-5(3)12(13)14/h1-2,7H. The summed E-state index contributed by atoms with van der Waals surface area (Å²) < 4.78 is 27.7. The zero-order valence-electron chi connectivity index (χ0n) is 6.92. The van der Waals surface area contributed by atoms with E-state index in [1.807, 2.05) is 0 Å². The van der Waals surface area contributed by atoms with Crippen molar-refractivity contribution in [2.75, 3.05) is 0 Å². The van der Waals surface area contributed by atoms with Crippen molar-refractivity contribution in [3.05, 3.63) is 32.3 Å². The smallest absolute Gasteiger partial charge is 0.387 e. The molecule has 0 N–H and O–H groups in total. The first-order chi connectivity index (χ1) is 6.91. The molecule has 8 heteroatoms. The maximum atomic E-state index is 11.9. The second-order valence-electron chi connectivity index (χ2n) is 2.37. The van der Waals surface area contributed by atoms with Crippen LogP contribution in [0.5, 0.6) is 5.75 Å². The molecule has 0 spiro atoms. The molecule has 82 valence electrons. The summed E-state index contributed by atoms with van der Waals surface area (Å²) in [6.07, 6.45) is 0. The fraction of sp³-hybridized carbons (Fsp3) is 0.143. The molecule has 1 aromatic rings. The predicted octanol–water partition coefficient (Wildman–Crippen LogP) is 3.50. The molecule has 0 fully saturated rings. The molecular weight excluding hydrogens is 255 g/mol. The van der Waals surface area contributed by atoms with Crippen molar-refractivity contribution in [3.8, 4) is 5.75 Å². The van der Waals surface area contributed by atoms with Crippen molar-refractivity contribution < 1.29 is 18.4 Å². The lowest BCUT2D eigenvalue weighted by atomic mass is 10.3. The van der Waals surface area contributed by atoms with Crippen molar-refractivity contribution in [3.63, 3.8) is 0 Å². The Morgan fingerprint density at radius 3 is 2.40 bits per heavy atom. The van der Waals surface area contributed by atoms with Gasteiger partial charge in [0, 0.05) is 0 Å². The maximum Gasteiger partial charge on any atom is 0.387 e. The van der Waals surface area contributed by atoms with Gasteiger partial charge >= 0.3 is 6.61 Å². The number of nitro groups is 1. The number of alkyl halides is 2. The van der Waals surface area contributed by atoms with Crippen molar-refractivity contribution in [2.24, 2.45) is 0 Å². The highest BCUT2D eigenvalue weighted by molar-refractivity contribution is 6.36. The van der Waals surface area contributed by atoms with Crippen LogP contribution in [0.2, 0.25) is 10.0 Å². The normalized spacial score (nSPS) is 10.5. The molecule has 0 saturated heterocycles. The van der Waals surface area contributed by atoms with Gasteiger partial charge in [-0.3, -0.25) is 10.1 Å². The van der Waals surface area contributed by atoms with Gasteiger partial charge in [0.05, 0.1) is 16.0 Å². The van der Waals surface area contributed by atoms with Crippen molar-refractivity contribution in [1.29, 1.82) is 0 Å². The van der Waals surface area contributed by atoms with Gasteiger partial charge in [-0.2, -0.15) is 8.78 Å². The maximum absolute atomic E-state index is 11.9. The number of rotatable bonds is 3. The van der Waals surface area contributed by atoms with E-state index in [1.54, 1.807) is 0 Å². The average Bonchev–Trinajstić information content (AvgIpc) is 2.08. The molecule has 0 aromatic heterocycles. The second kappa shape index (κ2) is 4.59. The highest BCUT2D eigenvalue weighted by atomic mass is 35.5. The van der Waals surface area contributed by atoms with Gasteiger partial charge in [0.1, 0.15) is 5.02 Å². The average molecular weight is 258 g/mol. The van der Waals surface area contributed by atoms with Gasteiger partial charge in [0.25, 0.3) is 5.69 Å². The minimum atomic E-state index is -3.11. The molecule has 4 nitrogen and oxygen atoms in total. The van der Waals surface area contributed by atoms with Crippen LogP contribution in [-0.4, -0.2) is 11.5 Å². The molecule has 0 radical (unpaired) electrons. The van der Waals surface area contributed by atoms with Crippen LogP contribution in [0.4, 0.5) is 14.5 Å². The Kier molecular flexibility index (Phi) is 3.65. The molecule has 0 aliphatic carbocycles. The lowest BCUT2D eigenvalue weighted by Crippen LogP contribution is -2.03. The van der Waals surface area contributed by atoms with Crippen LogP contribution < -0.4 is 4.74 Å². The number of ether oxygens (including phenoxy) is 1. The largest absolute Gasteiger partial charge is 0.433 e. The van der Waals surface area contributed by atoms with Gasteiger partial charge in [-0.25, -0.2) is 0 Å². The number of hydrogen-bond acceptors (Lipinski definition) is 3. The summed E-state index contributed by atoms with van der Waals surface area (Å²) in [4.78, 5) is 9.58. The Balaban J connectivity index is 3.17. The first kappa shape index (κ1) is 11.9. The first-order valence-electron chi connectivity index (χ1n) is 3.50. The third-order valence-electron chi connectivity index (χ3n) is 1.41. The summed E-state index contributed by atoms with van der Waals surface area (Å²) in [5, 5.41) is 9.95. The predicted molar refractivity (Wildman–Crippen MR) is 49.7 cm³/mol. The van der Waals surface area contributed by atoms with E-state index in [4.69, 9.17) is 23.2 Å². The van der Waals surface area contributed by atoms with Gasteiger partial charge in [-0.05, 0) is 6.07 Å². The van der Waals surface area contributed by atoms with Crippen molar-refractivity contribution in [1.82, 2.24) is 0 Å². The second-order valence-corrected chi connectivity index (χ2v) is 3.18. The minimum Gasteiger partial charge on any atom is -0.433 e. The summed E-state index contributed by atoms with van der Waals surface area (Å²) in [7, 11) is 0. The van der Waals surface area contributed by atoms with E-state index >= 15 is 0 Å². The van der Waals surface area contributed by atoms with Crippen molar-refractivity contribution >= 4 is 28.9 Å². The van der Waals surface area contributed by atoms with E-state index in [9.17, 15) is 18.9 Å². The number of benzene rings is 1. The Morgan fingerprint density at radius 1 is 1.33 bits per heavy atom. The minimum absolute atomic E-state index is 0.217. The lowest BCUT2D eigenvalue weighted by Gasteiger charge is -2.06. The van der Waals surface area contributed by atoms with E-state index < -0.39 is 23.0 Å². The SMILES string of the molecule is O=[N+]([O-])c1cc(OC(F)F)c(Cl)cc1Cl. The monoisotopic (exact) mass is 257 g/mol. The van der Waals surface area contributed by atoms with Crippen molar-refractivity contribution in [2.45, 2.75) is 6.61 Å². The summed E-state index contributed by atoms with van der Waals surface area (Å²) in [6.45, 7) is -3.11. The van der Waals surface area contributed by atoms with Crippen LogP contribution in [0.15, 0.2) is 12.1 Å². The highest BCUT2D eigenvalue weighted by Gasteiger charge is 2.18. The molecule has 1 rings (SSSR count). The molecule has 0 heterocycles. The molecule has 1 aromatic carbocycles. The van der Waals surface area contributed by atoms with E-state index in [0.29, 0.717) is 0 Å². The summed E-state index contributed by atoms with van der Waals surface area (Å²) in [5.41, 5.74) is -0.545. The fourth-order valence-electron chi connectivity index (χ4n) is 0.845. The zero-order chi connectivity index (χ0) is 11.6. The summed E-state index contributed by atoms with van der Waals surface area (Å²) in [6, 6.07) is 1.72. The third kappa shape index (κ3) is 2.90. The quantitative estimate of drug-likeness (QED) is 0.615. The molecular formula is C7H3Cl2F2NO3. The molecule has 0 atom stereocenters. The van der Waals surface area contributed by atoms with Crippen LogP contribution in [0, 0.1) is 10.1 Å². The number of nitrogens with zero attached hydrogens (tertiary/aromatic N) is 1. The molecule has 0 bridgehead atoms. The Morgan fingerprint density at radius 2 is 1.93 bits per heavy atom. The summed E-state index contributed by atoms with van der Waals surface area (Å²) in [5.74, 6) is -0.484. The summed E-state index contributed by atoms with van der Waals surface area (Å²) >= 11 is 10.9. The van der Waals surface area contributed by atoms with Crippen LogP contribution in [-0.2, 0) is 0 Å². The topological polar surface area (TPSA) is 52.4 Å². The van der Waals surface area contributed by atoms with Crippen LogP contribution >= 0.6 is 23.2 Å². The van der Waals surface area contributed by atoms with E-state index in [0.717, 1.165) is 12.1 Å². The van der Waals surface area contributed by atoms with Gasteiger partial charge < -0.3 is 4.74 Å². The number of halogens is 4. The molecule has 0 aliphatic heterocycles. The fourth-order valence-corrected chi connectivity index (χ4v) is 1.34. The van der Waals surface area contributed by atoms with E-state index in [2.05, 4.69) is 4.74 Å². The molecule has 0 amide bonds. The molecule has 15 heavy (non-hydrogen) atoms.